The Bertz CT molecular complexity index is 110. The minimum absolute atomic E-state index is 0.250. The molecule has 0 atom stereocenters. The average Bonchev–Trinajstić information content (AvgIpc) is 1.65. The van der Waals surface area contributed by atoms with Crippen molar-refractivity contribution in [1.82, 2.24) is 0 Å². The summed E-state index contributed by atoms with van der Waals surface area (Å²) in [6, 6.07) is 0. The lowest BCUT2D eigenvalue weighted by molar-refractivity contribution is -0.156. The number of carbonyl (C=O) groups excluding carboxylic acids is 2. The van der Waals surface area contributed by atoms with Gasteiger partial charge in [-0.1, -0.05) is 0 Å². The molecule has 8 heavy (non-hydrogen) atoms. The van der Waals surface area contributed by atoms with Gasteiger partial charge in [0.15, 0.2) is 0 Å². The van der Waals surface area contributed by atoms with Crippen molar-refractivity contribution < 1.29 is 14.3 Å². The summed E-state index contributed by atoms with van der Waals surface area (Å²) < 4.78 is 4.00. The van der Waals surface area contributed by atoms with E-state index in [2.05, 4.69) is 4.74 Å². The summed E-state index contributed by atoms with van der Waals surface area (Å²) in [6.07, 6.45) is 0. The molecule has 0 spiro atoms. The molecule has 0 aromatic carbocycles. The lowest BCUT2D eigenvalue weighted by Gasteiger charge is -1.92. The molecule has 0 saturated carbocycles. The molecule has 0 rings (SSSR count). The van der Waals surface area contributed by atoms with Gasteiger partial charge in [-0.15, -0.1) is 0 Å². The molecule has 0 fully saturated rings. The predicted octanol–water partition coefficient (Wildman–Crippen LogP) is -0.965. The third kappa shape index (κ3) is 3.30. The first-order chi connectivity index (χ1) is 3.66. The zero-order valence-electron chi connectivity index (χ0n) is 4.51. The highest BCUT2D eigenvalue weighted by Crippen LogP contribution is 1.74. The van der Waals surface area contributed by atoms with Crippen molar-refractivity contribution in [2.45, 2.75) is 6.92 Å². The molecule has 0 amide bonds. The van der Waals surface area contributed by atoms with Crippen LogP contribution in [0, 0.1) is 0 Å². The summed E-state index contributed by atoms with van der Waals surface area (Å²) in [5.41, 5.74) is 4.79. The van der Waals surface area contributed by atoms with Crippen LogP contribution in [-0.4, -0.2) is 18.5 Å². The van der Waals surface area contributed by atoms with Gasteiger partial charge in [0.1, 0.15) is 0 Å². The first-order valence-electron chi connectivity index (χ1n) is 2.08. The van der Waals surface area contributed by atoms with Crippen LogP contribution in [0.15, 0.2) is 0 Å². The van der Waals surface area contributed by atoms with Gasteiger partial charge in [-0.2, -0.15) is 0 Å². The minimum atomic E-state index is -0.697. The predicted molar refractivity (Wildman–Crippen MR) is 25.8 cm³/mol. The summed E-state index contributed by atoms with van der Waals surface area (Å²) >= 11 is 0. The number of carbonyl (C=O) groups is 2. The van der Waals surface area contributed by atoms with Gasteiger partial charge >= 0.3 is 11.9 Å². The summed E-state index contributed by atoms with van der Waals surface area (Å²) in [5.74, 6) is -1.32. The van der Waals surface area contributed by atoms with Crippen LogP contribution in [0.2, 0.25) is 0 Å². The quantitative estimate of drug-likeness (QED) is 0.354. The van der Waals surface area contributed by atoms with Crippen LogP contribution in [-0.2, 0) is 14.3 Å². The molecule has 0 unspecified atom stereocenters. The lowest BCUT2D eigenvalue weighted by atomic mass is 10.7. The van der Waals surface area contributed by atoms with Gasteiger partial charge in [-0.05, 0) is 0 Å². The highest BCUT2D eigenvalue weighted by molar-refractivity contribution is 5.84. The molecule has 0 aliphatic carbocycles. The van der Waals surface area contributed by atoms with Crippen molar-refractivity contribution in [3.8, 4) is 0 Å². The highest BCUT2D eigenvalue weighted by Gasteiger charge is 1.99. The SMILES string of the molecule is CC(=O)OC(=O)CN. The number of ether oxygens (including phenoxy) is 1. The second-order valence-electron chi connectivity index (χ2n) is 1.17. The third-order valence-corrected chi connectivity index (χ3v) is 0.424. The van der Waals surface area contributed by atoms with Gasteiger partial charge in [0.05, 0.1) is 6.54 Å². The molecule has 0 saturated heterocycles. The van der Waals surface area contributed by atoms with Gasteiger partial charge < -0.3 is 10.5 Å². The Morgan fingerprint density at radius 1 is 1.62 bits per heavy atom. The topological polar surface area (TPSA) is 69.4 Å². The number of hydrogen-bond acceptors (Lipinski definition) is 4. The molecule has 0 bridgehead atoms. The van der Waals surface area contributed by atoms with Crippen molar-refractivity contribution in [2.24, 2.45) is 5.73 Å². The number of nitrogens with two attached hydrogens (primary N) is 1. The molecule has 46 valence electrons. The summed E-state index contributed by atoms with van der Waals surface area (Å²) in [5, 5.41) is 0. The first-order valence-corrected chi connectivity index (χ1v) is 2.08. The van der Waals surface area contributed by atoms with Crippen LogP contribution in [0.4, 0.5) is 0 Å². The van der Waals surface area contributed by atoms with E-state index >= 15 is 0 Å². The van der Waals surface area contributed by atoms with Crippen molar-refractivity contribution in [2.75, 3.05) is 6.54 Å². The Hall–Kier alpha value is -0.900. The van der Waals surface area contributed by atoms with Crippen LogP contribution in [0.3, 0.4) is 0 Å². The molecule has 0 aliphatic rings. The van der Waals surface area contributed by atoms with Crippen LogP contribution >= 0.6 is 0 Å². The van der Waals surface area contributed by atoms with Crippen LogP contribution in [0.5, 0.6) is 0 Å². The van der Waals surface area contributed by atoms with E-state index in [1.165, 1.54) is 0 Å². The molecular weight excluding hydrogens is 110 g/mol. The van der Waals surface area contributed by atoms with E-state index in [0.29, 0.717) is 0 Å². The van der Waals surface area contributed by atoms with E-state index in [1.807, 2.05) is 0 Å². The van der Waals surface area contributed by atoms with Crippen LogP contribution < -0.4 is 5.73 Å². The maximum atomic E-state index is 10.1. The molecule has 0 aromatic heterocycles. The standard InChI is InChI=1S/C4H7NO3/c1-3(6)8-4(7)2-5/h2,5H2,1H3. The maximum absolute atomic E-state index is 10.1. The lowest BCUT2D eigenvalue weighted by Crippen LogP contribution is -2.18. The number of esters is 2. The van der Waals surface area contributed by atoms with Gasteiger partial charge in [-0.25, -0.2) is 0 Å². The molecule has 2 N–H and O–H groups in total. The van der Waals surface area contributed by atoms with E-state index in [9.17, 15) is 9.59 Å². The van der Waals surface area contributed by atoms with Gasteiger partial charge in [0, 0.05) is 6.92 Å². The van der Waals surface area contributed by atoms with E-state index in [4.69, 9.17) is 5.73 Å². The highest BCUT2D eigenvalue weighted by atomic mass is 16.6. The fourth-order valence-corrected chi connectivity index (χ4v) is 0.202. The summed E-state index contributed by atoms with van der Waals surface area (Å²) in [4.78, 5) is 20.0. The van der Waals surface area contributed by atoms with E-state index in [0.717, 1.165) is 6.92 Å². The van der Waals surface area contributed by atoms with Crippen molar-refractivity contribution >= 4 is 11.9 Å². The fraction of sp³-hybridized carbons (Fsp3) is 0.500. The largest absolute Gasteiger partial charge is 0.392 e. The maximum Gasteiger partial charge on any atom is 0.327 e. The number of rotatable bonds is 1. The van der Waals surface area contributed by atoms with Gasteiger partial charge in [0.25, 0.3) is 0 Å². The van der Waals surface area contributed by atoms with Crippen molar-refractivity contribution in [3.05, 3.63) is 0 Å². The molecule has 4 heteroatoms. The number of hydrogen-bond donors (Lipinski definition) is 1. The normalized spacial score (nSPS) is 8.25. The molecule has 4 nitrogen and oxygen atoms in total. The minimum Gasteiger partial charge on any atom is -0.392 e. The summed E-state index contributed by atoms with van der Waals surface area (Å²) in [7, 11) is 0. The van der Waals surface area contributed by atoms with E-state index < -0.39 is 11.9 Å². The van der Waals surface area contributed by atoms with Crippen molar-refractivity contribution in [3.63, 3.8) is 0 Å². The monoisotopic (exact) mass is 117 g/mol. The van der Waals surface area contributed by atoms with E-state index in [-0.39, 0.29) is 6.54 Å². The summed E-state index contributed by atoms with van der Waals surface area (Å²) in [6.45, 7) is 0.896. The van der Waals surface area contributed by atoms with E-state index in [1.54, 1.807) is 0 Å². The van der Waals surface area contributed by atoms with Crippen molar-refractivity contribution in [1.29, 1.82) is 0 Å². The average molecular weight is 117 g/mol. The zero-order valence-corrected chi connectivity index (χ0v) is 4.51. The molecule has 0 radical (unpaired) electrons. The van der Waals surface area contributed by atoms with Gasteiger partial charge in [0.2, 0.25) is 0 Å². The Morgan fingerprint density at radius 2 is 2.12 bits per heavy atom. The Morgan fingerprint density at radius 3 is 2.25 bits per heavy atom. The molecule has 0 heterocycles. The Kier molecular flexibility index (Phi) is 2.79. The Balaban J connectivity index is 3.40. The second-order valence-corrected chi connectivity index (χ2v) is 1.17. The fourth-order valence-electron chi connectivity index (χ4n) is 0.202. The zero-order chi connectivity index (χ0) is 6.57. The van der Waals surface area contributed by atoms with Crippen LogP contribution in [0.25, 0.3) is 0 Å². The molecule has 0 aliphatic heterocycles. The smallest absolute Gasteiger partial charge is 0.327 e. The molecular formula is C4H7NO3. The molecule has 0 aromatic rings. The second kappa shape index (κ2) is 3.15. The third-order valence-electron chi connectivity index (χ3n) is 0.424. The first kappa shape index (κ1) is 7.10. The van der Waals surface area contributed by atoms with Crippen LogP contribution in [0.1, 0.15) is 6.92 Å². The van der Waals surface area contributed by atoms with Gasteiger partial charge in [-0.3, -0.25) is 9.59 Å². The Labute approximate surface area is 46.6 Å².